The summed E-state index contributed by atoms with van der Waals surface area (Å²) >= 11 is 0. The van der Waals surface area contributed by atoms with E-state index >= 15 is 0 Å². The number of hydrogen-bond donors (Lipinski definition) is 7. The lowest BCUT2D eigenvalue weighted by Crippen LogP contribution is -2.67. The molecule has 4 saturated carbocycles. The Labute approximate surface area is 327 Å². The van der Waals surface area contributed by atoms with Gasteiger partial charge in [0.2, 0.25) is 0 Å². The van der Waals surface area contributed by atoms with Crippen LogP contribution < -0.4 is 0 Å². The predicted molar refractivity (Wildman–Crippen MR) is 201 cm³/mol. The third-order valence-corrected chi connectivity index (χ3v) is 16.5. The van der Waals surface area contributed by atoms with Crippen LogP contribution in [-0.4, -0.2) is 130 Å². The summed E-state index contributed by atoms with van der Waals surface area (Å²) in [5, 5.41) is 77.2. The van der Waals surface area contributed by atoms with Crippen LogP contribution in [0.15, 0.2) is 11.6 Å². The lowest BCUT2D eigenvalue weighted by molar-refractivity contribution is -0.408. The highest BCUT2D eigenvalue weighted by atomic mass is 16.8. The Kier molecular flexibility index (Phi) is 12.7. The van der Waals surface area contributed by atoms with E-state index in [1.54, 1.807) is 0 Å². The number of aliphatic hydroxyl groups excluding tert-OH is 7. The third kappa shape index (κ3) is 7.20. The molecule has 13 heteroatoms. The Hall–Kier alpha value is -0.780. The highest BCUT2D eigenvalue weighted by molar-refractivity contribution is 5.19. The van der Waals surface area contributed by atoms with Crippen molar-refractivity contribution in [1.82, 2.24) is 0 Å². The molecule has 318 valence electrons. The average molecular weight is 785 g/mol. The van der Waals surface area contributed by atoms with Crippen molar-refractivity contribution in [2.24, 2.45) is 51.2 Å². The Balaban J connectivity index is 1.22. The number of hydrogen-bond acceptors (Lipinski definition) is 13. The summed E-state index contributed by atoms with van der Waals surface area (Å²) in [5.41, 5.74) is 0.647. The largest absolute Gasteiger partial charge is 0.393 e. The maximum atomic E-state index is 12.2. The minimum atomic E-state index is -1.70. The first-order valence-corrected chi connectivity index (χ1v) is 20.7. The lowest BCUT2D eigenvalue weighted by atomic mass is 9.35. The highest BCUT2D eigenvalue weighted by Crippen LogP contribution is 2.75. The molecule has 2 aliphatic heterocycles. The first kappa shape index (κ1) is 43.8. The van der Waals surface area contributed by atoms with Gasteiger partial charge in [-0.3, -0.25) is 0 Å². The van der Waals surface area contributed by atoms with Crippen molar-refractivity contribution in [3.05, 3.63) is 11.6 Å². The van der Waals surface area contributed by atoms with E-state index in [1.165, 1.54) is 19.8 Å². The van der Waals surface area contributed by atoms with Gasteiger partial charge in [0.05, 0.1) is 18.3 Å². The molecule has 0 spiro atoms. The second kappa shape index (κ2) is 16.0. The van der Waals surface area contributed by atoms with Crippen LogP contribution in [0, 0.1) is 51.2 Å². The van der Waals surface area contributed by atoms with Crippen LogP contribution in [0.3, 0.4) is 0 Å². The molecule has 13 nitrogen and oxygen atoms in total. The van der Waals surface area contributed by atoms with Crippen molar-refractivity contribution < 1.29 is 64.2 Å². The quantitative estimate of drug-likeness (QED) is 0.126. The molecule has 7 N–H and O–H groups in total. The van der Waals surface area contributed by atoms with Crippen LogP contribution in [-0.2, 0) is 28.4 Å². The molecule has 0 aromatic carbocycles. The number of fused-ring (bicyclic) bond motifs is 5. The van der Waals surface area contributed by atoms with Crippen molar-refractivity contribution in [2.45, 2.75) is 187 Å². The molecule has 0 aromatic rings. The molecule has 0 bridgehead atoms. The number of ether oxygens (including phenoxy) is 6. The van der Waals surface area contributed by atoms with Crippen molar-refractivity contribution >= 4 is 0 Å². The predicted octanol–water partition coefficient (Wildman–Crippen LogP) is 3.23. The van der Waals surface area contributed by atoms with E-state index < -0.39 is 79.4 Å². The molecule has 6 rings (SSSR count). The normalized spacial score (nSPS) is 52.0. The van der Waals surface area contributed by atoms with E-state index in [0.717, 1.165) is 38.5 Å². The van der Waals surface area contributed by atoms with E-state index in [0.29, 0.717) is 12.8 Å². The van der Waals surface area contributed by atoms with Crippen molar-refractivity contribution in [3.63, 3.8) is 0 Å². The van der Waals surface area contributed by atoms with Gasteiger partial charge >= 0.3 is 0 Å². The molecule has 2 heterocycles. The molecule has 0 amide bonds. The summed E-state index contributed by atoms with van der Waals surface area (Å²) < 4.78 is 35.1. The van der Waals surface area contributed by atoms with Gasteiger partial charge in [-0.1, -0.05) is 53.2 Å². The van der Waals surface area contributed by atoms with Crippen molar-refractivity contribution in [1.29, 1.82) is 0 Å². The summed E-state index contributed by atoms with van der Waals surface area (Å²) in [5.74, 6) is 0.981. The fraction of sp³-hybridized carbons (Fsp3) is 0.952. The topological polar surface area (TPSA) is 197 Å². The molecule has 2 saturated heterocycles. The number of methoxy groups -OCH3 is 2. The van der Waals surface area contributed by atoms with Gasteiger partial charge in [0.25, 0.3) is 0 Å². The summed E-state index contributed by atoms with van der Waals surface area (Å²) in [6.07, 6.45) is -6.95. The highest BCUT2D eigenvalue weighted by Gasteiger charge is 2.71. The van der Waals surface area contributed by atoms with Crippen molar-refractivity contribution in [2.75, 3.05) is 14.2 Å². The maximum Gasteiger partial charge on any atom is 0.190 e. The van der Waals surface area contributed by atoms with Gasteiger partial charge in [0.1, 0.15) is 36.6 Å². The number of allylic oxidation sites excluding steroid dienone is 1. The van der Waals surface area contributed by atoms with E-state index in [4.69, 9.17) is 28.4 Å². The monoisotopic (exact) mass is 784 g/mol. The standard InChI is InChI=1S/C42H72O13/c1-20(2)11-12-23(43)21(3)22-13-17-42(8)28(22)24(44)19-26-40(6)16-15-27(39(4,5)25(40)14-18-41(26,42)7)52-38-34(30(46)33(49)36(51-10)55-38)53-37-32(48)29(45)31(47)35(50-9)54-37/h11,21-38,43-49H,12-19H2,1-10H3/t21?,22?,23-,24?,25?,26?,27?,28?,29?,30?,31+,32?,33+,34?,35?,36?,37-,38-,40?,41?,42-/m1/s1. The van der Waals surface area contributed by atoms with E-state index in [9.17, 15) is 35.7 Å². The Morgan fingerprint density at radius 3 is 1.91 bits per heavy atom. The lowest BCUT2D eigenvalue weighted by Gasteiger charge is -2.70. The smallest absolute Gasteiger partial charge is 0.190 e. The van der Waals surface area contributed by atoms with Crippen molar-refractivity contribution in [3.8, 4) is 0 Å². The zero-order chi connectivity index (χ0) is 40.6. The summed E-state index contributed by atoms with van der Waals surface area (Å²) in [6, 6.07) is 0. The molecule has 21 atom stereocenters. The fourth-order valence-corrected chi connectivity index (χ4v) is 13.2. The number of aliphatic hydroxyl groups is 7. The maximum absolute atomic E-state index is 12.2. The van der Waals surface area contributed by atoms with E-state index in [1.807, 2.05) is 0 Å². The SMILES string of the molecule is COC1O[C@@H](OC2C(O)[C@H](O)C(OC)O[C@H]2OC2CCC3(C)C(CCC4(C)C3CC(O)C3C(C(C)[C@H](O)CC=C(C)C)CC[C@]34C)C2(C)C)C(O)C(O)[C@@H]1O. The first-order valence-electron chi connectivity index (χ1n) is 20.7. The first-order chi connectivity index (χ1) is 25.7. The summed E-state index contributed by atoms with van der Waals surface area (Å²) in [4.78, 5) is 0. The number of rotatable bonds is 10. The van der Waals surface area contributed by atoms with Crippen LogP contribution in [0.25, 0.3) is 0 Å². The molecule has 6 fully saturated rings. The molecule has 0 radical (unpaired) electrons. The van der Waals surface area contributed by atoms with Crippen LogP contribution >= 0.6 is 0 Å². The second-order valence-electron chi connectivity index (χ2n) is 19.7. The Bertz CT molecular complexity index is 1360. The van der Waals surface area contributed by atoms with Gasteiger partial charge in [-0.15, -0.1) is 0 Å². The van der Waals surface area contributed by atoms with Gasteiger partial charge in [-0.25, -0.2) is 0 Å². The Morgan fingerprint density at radius 1 is 0.709 bits per heavy atom. The molecular formula is C42H72O13. The van der Waals surface area contributed by atoms with Crippen LogP contribution in [0.5, 0.6) is 0 Å². The minimum absolute atomic E-state index is 0.00163. The summed E-state index contributed by atoms with van der Waals surface area (Å²) in [6.45, 7) is 18.1. The third-order valence-electron chi connectivity index (χ3n) is 16.5. The van der Waals surface area contributed by atoms with Gasteiger partial charge < -0.3 is 64.2 Å². The Morgan fingerprint density at radius 2 is 1.29 bits per heavy atom. The molecule has 15 unspecified atom stereocenters. The molecular weight excluding hydrogens is 712 g/mol. The molecule has 55 heavy (non-hydrogen) atoms. The van der Waals surface area contributed by atoms with Gasteiger partial charge in [-0.05, 0) is 116 Å². The summed E-state index contributed by atoms with van der Waals surface area (Å²) in [7, 11) is 2.63. The fourth-order valence-electron chi connectivity index (χ4n) is 13.2. The second-order valence-corrected chi connectivity index (χ2v) is 19.7. The minimum Gasteiger partial charge on any atom is -0.393 e. The average Bonchev–Trinajstić information content (AvgIpc) is 3.51. The van der Waals surface area contributed by atoms with Gasteiger partial charge in [0.15, 0.2) is 25.2 Å². The van der Waals surface area contributed by atoms with Crippen LogP contribution in [0.2, 0.25) is 0 Å². The van der Waals surface area contributed by atoms with E-state index in [2.05, 4.69) is 61.5 Å². The molecule has 0 aromatic heterocycles. The van der Waals surface area contributed by atoms with Crippen LogP contribution in [0.1, 0.15) is 107 Å². The van der Waals surface area contributed by atoms with Gasteiger partial charge in [0, 0.05) is 14.2 Å². The van der Waals surface area contributed by atoms with E-state index in [-0.39, 0.29) is 51.9 Å². The van der Waals surface area contributed by atoms with Crippen LogP contribution in [0.4, 0.5) is 0 Å². The zero-order valence-corrected chi connectivity index (χ0v) is 34.7. The molecule has 4 aliphatic carbocycles. The molecule has 6 aliphatic rings. The van der Waals surface area contributed by atoms with Gasteiger partial charge in [-0.2, -0.15) is 0 Å². The zero-order valence-electron chi connectivity index (χ0n) is 34.7.